The van der Waals surface area contributed by atoms with E-state index in [4.69, 9.17) is 28.4 Å². The monoisotopic (exact) mass is 507 g/mol. The zero-order valence-corrected chi connectivity index (χ0v) is 22.0. The number of hydrogen-bond acceptors (Lipinski definition) is 8. The summed E-state index contributed by atoms with van der Waals surface area (Å²) in [7, 11) is 9.48. The molecule has 3 aromatic carbocycles. The fourth-order valence-electron chi connectivity index (χ4n) is 3.87. The molecule has 3 aromatic rings. The Kier molecular flexibility index (Phi) is 9.66. The van der Waals surface area contributed by atoms with Gasteiger partial charge in [-0.3, -0.25) is 4.79 Å². The number of methoxy groups -OCH3 is 6. The van der Waals surface area contributed by atoms with Gasteiger partial charge in [-0.15, -0.1) is 0 Å². The summed E-state index contributed by atoms with van der Waals surface area (Å²) in [5, 5.41) is 3.36. The van der Waals surface area contributed by atoms with E-state index in [0.29, 0.717) is 58.7 Å². The molecule has 0 unspecified atom stereocenters. The van der Waals surface area contributed by atoms with Gasteiger partial charge in [0.25, 0.3) is 0 Å². The van der Waals surface area contributed by atoms with E-state index in [9.17, 15) is 4.79 Å². The quantitative estimate of drug-likeness (QED) is 0.237. The van der Waals surface area contributed by atoms with E-state index in [1.165, 1.54) is 0 Å². The van der Waals surface area contributed by atoms with Gasteiger partial charge in [0.15, 0.2) is 28.8 Å². The molecule has 8 nitrogen and oxygen atoms in total. The number of hydrogen-bond donors (Lipinski definition) is 1. The van der Waals surface area contributed by atoms with Crippen molar-refractivity contribution in [2.45, 2.75) is 6.42 Å². The van der Waals surface area contributed by atoms with Crippen LogP contribution in [0.25, 0.3) is 12.2 Å². The molecule has 0 aliphatic heterocycles. The van der Waals surface area contributed by atoms with Crippen LogP contribution in [0, 0.1) is 0 Å². The molecule has 0 amide bonds. The van der Waals surface area contributed by atoms with E-state index in [1.807, 2.05) is 36.4 Å². The Balaban J connectivity index is 1.86. The highest BCUT2D eigenvalue weighted by Gasteiger charge is 2.16. The molecule has 0 radical (unpaired) electrons. The lowest BCUT2D eigenvalue weighted by molar-refractivity contribution is 0.0986. The van der Waals surface area contributed by atoms with Gasteiger partial charge in [0.2, 0.25) is 5.75 Å². The number of ketones is 1. The first kappa shape index (κ1) is 27.3. The molecule has 0 atom stereocenters. The van der Waals surface area contributed by atoms with Crippen LogP contribution >= 0.6 is 0 Å². The number of rotatable bonds is 13. The summed E-state index contributed by atoms with van der Waals surface area (Å²) in [6.07, 6.45) is 4.17. The summed E-state index contributed by atoms with van der Waals surface area (Å²) >= 11 is 0. The SMILES string of the molecule is COc1ccc(C(=O)CCNc2c(/C=C\c3cc(OC)c(OC)c(OC)c3)ccc(OC)c2OC)cc1. The van der Waals surface area contributed by atoms with Gasteiger partial charge in [0.05, 0.1) is 48.3 Å². The third-order valence-electron chi connectivity index (χ3n) is 5.79. The Morgan fingerprint density at radius 2 is 1.32 bits per heavy atom. The van der Waals surface area contributed by atoms with Crippen molar-refractivity contribution in [3.8, 4) is 34.5 Å². The van der Waals surface area contributed by atoms with E-state index in [2.05, 4.69) is 5.32 Å². The Hall–Kier alpha value is -4.33. The second kappa shape index (κ2) is 13.1. The van der Waals surface area contributed by atoms with E-state index < -0.39 is 0 Å². The predicted molar refractivity (Wildman–Crippen MR) is 145 cm³/mol. The molecule has 0 spiro atoms. The fourth-order valence-corrected chi connectivity index (χ4v) is 3.87. The molecule has 0 saturated carbocycles. The topological polar surface area (TPSA) is 84.5 Å². The average Bonchev–Trinajstić information content (AvgIpc) is 2.95. The summed E-state index contributed by atoms with van der Waals surface area (Å²) in [4.78, 5) is 12.7. The van der Waals surface area contributed by atoms with Crippen molar-refractivity contribution >= 4 is 23.6 Å². The number of anilines is 1. The fraction of sp³-hybridized carbons (Fsp3) is 0.276. The van der Waals surface area contributed by atoms with Gasteiger partial charge in [0, 0.05) is 24.1 Å². The van der Waals surface area contributed by atoms with Crippen LogP contribution in [-0.4, -0.2) is 55.0 Å². The molecule has 3 rings (SSSR count). The van der Waals surface area contributed by atoms with Crippen LogP contribution in [0.4, 0.5) is 5.69 Å². The number of Topliss-reactive ketones (excluding diaryl/α,β-unsaturated/α-hetero) is 1. The van der Waals surface area contributed by atoms with Gasteiger partial charge < -0.3 is 33.7 Å². The Labute approximate surface area is 217 Å². The lowest BCUT2D eigenvalue weighted by Crippen LogP contribution is -2.11. The Morgan fingerprint density at radius 1 is 0.703 bits per heavy atom. The average molecular weight is 508 g/mol. The van der Waals surface area contributed by atoms with Crippen LogP contribution in [-0.2, 0) is 0 Å². The first-order valence-corrected chi connectivity index (χ1v) is 11.6. The van der Waals surface area contributed by atoms with Gasteiger partial charge in [-0.1, -0.05) is 12.2 Å². The first-order valence-electron chi connectivity index (χ1n) is 11.6. The van der Waals surface area contributed by atoms with Crippen molar-refractivity contribution < 1.29 is 33.2 Å². The third-order valence-corrected chi connectivity index (χ3v) is 5.79. The van der Waals surface area contributed by atoms with Crippen LogP contribution in [0.1, 0.15) is 27.9 Å². The number of nitrogens with one attached hydrogen (secondary N) is 1. The number of ether oxygens (including phenoxy) is 6. The summed E-state index contributed by atoms with van der Waals surface area (Å²) in [6, 6.07) is 14.6. The van der Waals surface area contributed by atoms with Crippen molar-refractivity contribution in [2.75, 3.05) is 54.5 Å². The van der Waals surface area contributed by atoms with Crippen LogP contribution in [0.15, 0.2) is 48.5 Å². The van der Waals surface area contributed by atoms with Crippen LogP contribution in [0.2, 0.25) is 0 Å². The maximum absolute atomic E-state index is 12.7. The predicted octanol–water partition coefficient (Wildman–Crippen LogP) is 5.59. The molecule has 196 valence electrons. The lowest BCUT2D eigenvalue weighted by Gasteiger charge is -2.17. The standard InChI is InChI=1S/C29H33NO7/c1-32-22-12-9-20(10-13-22)23(31)15-16-30-27-21(11-14-24(33-2)29(27)37-6)8-7-19-17-25(34-3)28(36-5)26(18-19)35-4/h7-14,17-18,30H,15-16H2,1-6H3/b8-7-. The smallest absolute Gasteiger partial charge is 0.203 e. The number of benzene rings is 3. The van der Waals surface area contributed by atoms with Gasteiger partial charge in [0.1, 0.15) is 5.75 Å². The van der Waals surface area contributed by atoms with Gasteiger partial charge in [-0.25, -0.2) is 0 Å². The zero-order valence-electron chi connectivity index (χ0n) is 22.0. The largest absolute Gasteiger partial charge is 0.497 e. The molecule has 0 aliphatic carbocycles. The second-order valence-electron chi connectivity index (χ2n) is 7.89. The first-order chi connectivity index (χ1) is 18.0. The maximum atomic E-state index is 12.7. The molecule has 0 fully saturated rings. The molecule has 37 heavy (non-hydrogen) atoms. The van der Waals surface area contributed by atoms with Gasteiger partial charge in [-0.2, -0.15) is 0 Å². The van der Waals surface area contributed by atoms with Crippen molar-refractivity contribution in [3.63, 3.8) is 0 Å². The van der Waals surface area contributed by atoms with Gasteiger partial charge in [-0.05, 0) is 54.1 Å². The van der Waals surface area contributed by atoms with Crippen molar-refractivity contribution in [3.05, 3.63) is 65.2 Å². The molecule has 0 aliphatic rings. The molecular weight excluding hydrogens is 474 g/mol. The normalized spacial score (nSPS) is 10.6. The molecule has 0 heterocycles. The maximum Gasteiger partial charge on any atom is 0.203 e. The van der Waals surface area contributed by atoms with Crippen molar-refractivity contribution in [1.82, 2.24) is 0 Å². The molecule has 0 saturated heterocycles. The van der Waals surface area contributed by atoms with E-state index in [-0.39, 0.29) is 5.78 Å². The highest BCUT2D eigenvalue weighted by molar-refractivity contribution is 5.96. The van der Waals surface area contributed by atoms with Crippen molar-refractivity contribution in [2.24, 2.45) is 0 Å². The molecule has 0 aromatic heterocycles. The minimum Gasteiger partial charge on any atom is -0.497 e. The third kappa shape index (κ3) is 6.46. The van der Waals surface area contributed by atoms with E-state index >= 15 is 0 Å². The Bertz CT molecular complexity index is 1210. The van der Waals surface area contributed by atoms with Crippen LogP contribution in [0.3, 0.4) is 0 Å². The van der Waals surface area contributed by atoms with Crippen molar-refractivity contribution in [1.29, 1.82) is 0 Å². The van der Waals surface area contributed by atoms with E-state index in [1.54, 1.807) is 66.9 Å². The number of carbonyl (C=O) groups excluding carboxylic acids is 1. The molecular formula is C29H33NO7. The lowest BCUT2D eigenvalue weighted by atomic mass is 10.1. The summed E-state index contributed by atoms with van der Waals surface area (Å²) in [5.74, 6) is 3.50. The van der Waals surface area contributed by atoms with Crippen LogP contribution in [0.5, 0.6) is 34.5 Å². The summed E-state index contributed by atoms with van der Waals surface area (Å²) in [6.45, 7) is 0.402. The highest BCUT2D eigenvalue weighted by Crippen LogP contribution is 2.40. The second-order valence-corrected chi connectivity index (χ2v) is 7.89. The molecule has 1 N–H and O–H groups in total. The summed E-state index contributed by atoms with van der Waals surface area (Å²) < 4.78 is 32.6. The van der Waals surface area contributed by atoms with Gasteiger partial charge >= 0.3 is 0 Å². The van der Waals surface area contributed by atoms with E-state index in [0.717, 1.165) is 11.1 Å². The Morgan fingerprint density at radius 3 is 1.86 bits per heavy atom. The molecule has 8 heteroatoms. The minimum absolute atomic E-state index is 0.0199. The summed E-state index contributed by atoms with van der Waals surface area (Å²) in [5.41, 5.74) is 3.05. The number of carbonyl (C=O) groups is 1. The zero-order chi connectivity index (χ0) is 26.8. The highest BCUT2D eigenvalue weighted by atomic mass is 16.5. The minimum atomic E-state index is 0.0199. The molecule has 0 bridgehead atoms. The van der Waals surface area contributed by atoms with Crippen LogP contribution < -0.4 is 33.7 Å².